The Kier molecular flexibility index (Phi) is 5.92. The van der Waals surface area contributed by atoms with Crippen molar-refractivity contribution < 1.29 is 4.74 Å². The molecule has 1 aromatic carbocycles. The van der Waals surface area contributed by atoms with Gasteiger partial charge in [-0.3, -0.25) is 0 Å². The number of nitrogens with one attached hydrogen (secondary N) is 1. The van der Waals surface area contributed by atoms with Crippen LogP contribution in [-0.2, 0) is 4.74 Å². The van der Waals surface area contributed by atoms with Crippen molar-refractivity contribution in [3.8, 4) is 0 Å². The third-order valence-electron chi connectivity index (χ3n) is 3.64. The lowest BCUT2D eigenvalue weighted by molar-refractivity contribution is 0.101. The van der Waals surface area contributed by atoms with Crippen molar-refractivity contribution in [1.82, 2.24) is 5.32 Å². The first-order valence-corrected chi connectivity index (χ1v) is 7.92. The van der Waals surface area contributed by atoms with Gasteiger partial charge in [0.2, 0.25) is 0 Å². The first-order valence-electron chi connectivity index (χ1n) is 6.84. The average molecular weight is 359 g/mol. The molecule has 0 aliphatic carbocycles. The zero-order chi connectivity index (χ0) is 12.8. The van der Waals surface area contributed by atoms with Crippen LogP contribution in [0.4, 0.5) is 0 Å². The minimum Gasteiger partial charge on any atom is -0.378 e. The number of halogens is 1. The van der Waals surface area contributed by atoms with Crippen LogP contribution in [0.3, 0.4) is 0 Å². The van der Waals surface area contributed by atoms with Crippen molar-refractivity contribution in [1.29, 1.82) is 0 Å². The maximum atomic E-state index is 5.67. The summed E-state index contributed by atoms with van der Waals surface area (Å²) in [6.07, 6.45) is 6.67. The van der Waals surface area contributed by atoms with E-state index in [4.69, 9.17) is 4.74 Å². The topological polar surface area (TPSA) is 21.3 Å². The maximum Gasteiger partial charge on any atom is 0.0576 e. The van der Waals surface area contributed by atoms with E-state index >= 15 is 0 Å². The maximum absolute atomic E-state index is 5.67. The normalized spacial score (nSPS) is 21.1. The van der Waals surface area contributed by atoms with Crippen LogP contribution in [0.15, 0.2) is 24.3 Å². The van der Waals surface area contributed by atoms with Gasteiger partial charge in [0.05, 0.1) is 6.10 Å². The number of rotatable bonds is 6. The van der Waals surface area contributed by atoms with Gasteiger partial charge in [0.1, 0.15) is 0 Å². The molecule has 3 heteroatoms. The first kappa shape index (κ1) is 14.3. The Morgan fingerprint density at radius 1 is 1.50 bits per heavy atom. The zero-order valence-corrected chi connectivity index (χ0v) is 13.2. The van der Waals surface area contributed by atoms with Crippen molar-refractivity contribution in [2.45, 2.75) is 44.2 Å². The van der Waals surface area contributed by atoms with Gasteiger partial charge in [-0.15, -0.1) is 0 Å². The molecule has 2 atom stereocenters. The minimum absolute atomic E-state index is 0.473. The SMILES string of the molecule is CNC(CCCC1CCCO1)c1cccc(I)c1. The molecule has 1 aliphatic rings. The van der Waals surface area contributed by atoms with Gasteiger partial charge in [0, 0.05) is 16.2 Å². The van der Waals surface area contributed by atoms with E-state index in [1.807, 2.05) is 0 Å². The number of hydrogen-bond acceptors (Lipinski definition) is 2. The summed E-state index contributed by atoms with van der Waals surface area (Å²) in [5, 5.41) is 3.43. The lowest BCUT2D eigenvalue weighted by atomic mass is 9.99. The summed E-state index contributed by atoms with van der Waals surface area (Å²) in [5.74, 6) is 0. The van der Waals surface area contributed by atoms with Gasteiger partial charge in [0.15, 0.2) is 0 Å². The average Bonchev–Trinajstić information content (AvgIpc) is 2.88. The van der Waals surface area contributed by atoms with Crippen molar-refractivity contribution in [3.05, 3.63) is 33.4 Å². The van der Waals surface area contributed by atoms with Crippen LogP contribution in [0.1, 0.15) is 43.7 Å². The Morgan fingerprint density at radius 3 is 3.06 bits per heavy atom. The van der Waals surface area contributed by atoms with Gasteiger partial charge in [-0.25, -0.2) is 0 Å². The molecule has 0 bridgehead atoms. The van der Waals surface area contributed by atoms with Crippen molar-refractivity contribution >= 4 is 22.6 Å². The van der Waals surface area contributed by atoms with E-state index in [1.54, 1.807) is 0 Å². The van der Waals surface area contributed by atoms with Gasteiger partial charge in [-0.2, -0.15) is 0 Å². The van der Waals surface area contributed by atoms with E-state index in [0.717, 1.165) is 6.61 Å². The molecule has 1 aliphatic heterocycles. The van der Waals surface area contributed by atoms with E-state index in [1.165, 1.54) is 41.2 Å². The smallest absolute Gasteiger partial charge is 0.0576 e. The van der Waals surface area contributed by atoms with Crippen LogP contribution in [0.2, 0.25) is 0 Å². The molecule has 0 spiro atoms. The molecule has 2 nitrogen and oxygen atoms in total. The van der Waals surface area contributed by atoms with Crippen LogP contribution in [0, 0.1) is 3.57 Å². The Morgan fingerprint density at radius 2 is 2.39 bits per heavy atom. The molecular weight excluding hydrogens is 337 g/mol. The fraction of sp³-hybridized carbons (Fsp3) is 0.600. The number of benzene rings is 1. The monoisotopic (exact) mass is 359 g/mol. The third kappa shape index (κ3) is 4.21. The predicted octanol–water partition coefficient (Wildman–Crippen LogP) is 3.90. The fourth-order valence-electron chi connectivity index (χ4n) is 2.62. The van der Waals surface area contributed by atoms with Crippen LogP contribution < -0.4 is 5.32 Å². The summed E-state index contributed by atoms with van der Waals surface area (Å²) >= 11 is 2.38. The summed E-state index contributed by atoms with van der Waals surface area (Å²) < 4.78 is 6.98. The fourth-order valence-corrected chi connectivity index (χ4v) is 3.19. The highest BCUT2D eigenvalue weighted by atomic mass is 127. The zero-order valence-electron chi connectivity index (χ0n) is 11.0. The molecule has 1 saturated heterocycles. The second-order valence-electron chi connectivity index (χ2n) is 4.96. The third-order valence-corrected chi connectivity index (χ3v) is 4.31. The minimum atomic E-state index is 0.473. The molecule has 100 valence electrons. The molecule has 2 rings (SSSR count). The molecule has 1 fully saturated rings. The van der Waals surface area contributed by atoms with E-state index in [9.17, 15) is 0 Å². The Labute approximate surface area is 124 Å². The molecule has 0 aromatic heterocycles. The predicted molar refractivity (Wildman–Crippen MR) is 83.8 cm³/mol. The van der Waals surface area contributed by atoms with Crippen molar-refractivity contribution in [3.63, 3.8) is 0 Å². The molecule has 1 aromatic rings. The second-order valence-corrected chi connectivity index (χ2v) is 6.21. The lowest BCUT2D eigenvalue weighted by Crippen LogP contribution is -2.17. The van der Waals surface area contributed by atoms with E-state index in [-0.39, 0.29) is 0 Å². The lowest BCUT2D eigenvalue weighted by Gasteiger charge is -2.18. The van der Waals surface area contributed by atoms with Crippen LogP contribution in [0.25, 0.3) is 0 Å². The summed E-state index contributed by atoms with van der Waals surface area (Å²) in [6.45, 7) is 0.969. The molecule has 0 radical (unpaired) electrons. The Bertz CT molecular complexity index is 363. The van der Waals surface area contributed by atoms with E-state index < -0.39 is 0 Å². The van der Waals surface area contributed by atoms with Crippen LogP contribution in [-0.4, -0.2) is 19.8 Å². The van der Waals surface area contributed by atoms with Crippen LogP contribution in [0.5, 0.6) is 0 Å². The molecule has 2 unspecified atom stereocenters. The molecular formula is C15H22INO. The Hall–Kier alpha value is -0.130. The molecule has 1 heterocycles. The first-order chi connectivity index (χ1) is 8.79. The van der Waals surface area contributed by atoms with Crippen molar-refractivity contribution in [2.75, 3.05) is 13.7 Å². The summed E-state index contributed by atoms with van der Waals surface area (Å²) in [5.41, 5.74) is 1.40. The van der Waals surface area contributed by atoms with E-state index in [0.29, 0.717) is 12.1 Å². The van der Waals surface area contributed by atoms with Gasteiger partial charge in [-0.05, 0) is 79.4 Å². The summed E-state index contributed by atoms with van der Waals surface area (Å²) in [4.78, 5) is 0. The molecule has 1 N–H and O–H groups in total. The molecule has 18 heavy (non-hydrogen) atoms. The highest BCUT2D eigenvalue weighted by Gasteiger charge is 2.16. The van der Waals surface area contributed by atoms with Crippen molar-refractivity contribution in [2.24, 2.45) is 0 Å². The Balaban J connectivity index is 1.81. The molecule has 0 amide bonds. The number of ether oxygens (including phenoxy) is 1. The largest absolute Gasteiger partial charge is 0.378 e. The van der Waals surface area contributed by atoms with Gasteiger partial charge >= 0.3 is 0 Å². The number of hydrogen-bond donors (Lipinski definition) is 1. The van der Waals surface area contributed by atoms with Crippen LogP contribution >= 0.6 is 22.6 Å². The highest BCUT2D eigenvalue weighted by Crippen LogP contribution is 2.23. The molecule has 0 saturated carbocycles. The van der Waals surface area contributed by atoms with Gasteiger partial charge in [0.25, 0.3) is 0 Å². The standard InChI is InChI=1S/C15H22INO/c1-17-15(12-5-2-6-13(16)11-12)9-3-7-14-8-4-10-18-14/h2,5-6,11,14-15,17H,3-4,7-10H2,1H3. The second kappa shape index (κ2) is 7.46. The highest BCUT2D eigenvalue weighted by molar-refractivity contribution is 14.1. The summed E-state index contributed by atoms with van der Waals surface area (Å²) in [7, 11) is 2.05. The van der Waals surface area contributed by atoms with E-state index in [2.05, 4.69) is 59.2 Å². The quantitative estimate of drug-likeness (QED) is 0.778. The van der Waals surface area contributed by atoms with Gasteiger partial charge < -0.3 is 10.1 Å². The summed E-state index contributed by atoms with van der Waals surface area (Å²) in [6, 6.07) is 9.24. The van der Waals surface area contributed by atoms with Gasteiger partial charge in [-0.1, -0.05) is 12.1 Å².